The lowest BCUT2D eigenvalue weighted by Crippen LogP contribution is -2.44. The zero-order valence-corrected chi connectivity index (χ0v) is 19.8. The normalized spacial score (nSPS) is 17.5. The van der Waals surface area contributed by atoms with Gasteiger partial charge in [-0.15, -0.1) is 0 Å². The van der Waals surface area contributed by atoms with E-state index in [-0.39, 0.29) is 18.6 Å². The third-order valence-corrected chi connectivity index (χ3v) is 6.98. The van der Waals surface area contributed by atoms with Gasteiger partial charge in [-0.3, -0.25) is 4.79 Å². The van der Waals surface area contributed by atoms with Crippen LogP contribution in [-0.2, 0) is 28.3 Å². The molecule has 2 aliphatic rings. The summed E-state index contributed by atoms with van der Waals surface area (Å²) in [5.41, 5.74) is 3.10. The van der Waals surface area contributed by atoms with Gasteiger partial charge < -0.3 is 19.1 Å². The highest BCUT2D eigenvalue weighted by Gasteiger charge is 2.45. The van der Waals surface area contributed by atoms with Crippen molar-refractivity contribution in [1.29, 1.82) is 0 Å². The molecule has 0 aliphatic carbocycles. The molecule has 0 saturated heterocycles. The summed E-state index contributed by atoms with van der Waals surface area (Å²) in [5.74, 6) is 6.48. The van der Waals surface area contributed by atoms with Crippen molar-refractivity contribution >= 4 is 16.9 Å². The number of methoxy groups -OCH3 is 1. The molecule has 2 aromatic carbocycles. The first-order valence-corrected chi connectivity index (χ1v) is 11.7. The fourth-order valence-corrected chi connectivity index (χ4v) is 4.93. The second kappa shape index (κ2) is 8.08. The van der Waals surface area contributed by atoms with Crippen molar-refractivity contribution in [3.63, 3.8) is 0 Å². The Morgan fingerprint density at radius 1 is 1.14 bits per heavy atom. The fourth-order valence-electron chi connectivity index (χ4n) is 4.93. The molecule has 4 aromatic rings. The van der Waals surface area contributed by atoms with Gasteiger partial charge in [0.15, 0.2) is 5.60 Å². The van der Waals surface area contributed by atoms with Gasteiger partial charge in [0.05, 0.1) is 36.1 Å². The number of nitrogens with zero attached hydrogens (tertiary/aromatic N) is 2. The number of carbonyl (C=O) groups excluding carboxylic acids is 1. The van der Waals surface area contributed by atoms with Gasteiger partial charge in [0.25, 0.3) is 5.56 Å². The summed E-state index contributed by atoms with van der Waals surface area (Å²) < 4.78 is 12.0. The van der Waals surface area contributed by atoms with Crippen LogP contribution in [-0.4, -0.2) is 27.7 Å². The Kier molecular flexibility index (Phi) is 4.95. The first-order chi connectivity index (χ1) is 17.4. The van der Waals surface area contributed by atoms with Crippen molar-refractivity contribution in [2.24, 2.45) is 0 Å². The minimum atomic E-state index is -1.84. The maximum Gasteiger partial charge on any atom is 0.343 e. The zero-order chi connectivity index (χ0) is 25.0. The van der Waals surface area contributed by atoms with Gasteiger partial charge in [-0.1, -0.05) is 24.8 Å². The van der Waals surface area contributed by atoms with Crippen molar-refractivity contribution in [2.45, 2.75) is 32.1 Å². The van der Waals surface area contributed by atoms with Gasteiger partial charge in [0.1, 0.15) is 12.4 Å². The van der Waals surface area contributed by atoms with Crippen LogP contribution in [0.3, 0.4) is 0 Å². The second-order valence-electron chi connectivity index (χ2n) is 8.95. The SMILES string of the molecule is CC[C@@]1(O)C(=O)OCc2c1cc1n(c2=O)Cc2cc3c(C#Cc4ccc(OC)cc4)cccc3nc2-1. The number of ether oxygens (including phenoxy) is 2. The Hall–Kier alpha value is -4.41. The highest BCUT2D eigenvalue weighted by molar-refractivity contribution is 5.89. The Balaban J connectivity index is 1.47. The number of benzene rings is 2. The molecule has 1 atom stereocenters. The number of hydrogen-bond acceptors (Lipinski definition) is 6. The largest absolute Gasteiger partial charge is 0.497 e. The van der Waals surface area contributed by atoms with E-state index in [0.717, 1.165) is 33.3 Å². The standard InChI is InChI=1S/C29H22N2O5/c1-3-29(34)23-14-25-26-19(15-31(25)27(32)22(23)16-36-28(29)33)13-21-18(5-4-6-24(21)30-26)10-7-17-8-11-20(35-2)12-9-17/h4-6,8-9,11-14,34H,3,15-16H2,1-2H3/t29-/m0/s1. The lowest BCUT2D eigenvalue weighted by Gasteiger charge is -2.31. The van der Waals surface area contributed by atoms with Crippen LogP contribution in [0.15, 0.2) is 59.4 Å². The van der Waals surface area contributed by atoms with E-state index in [9.17, 15) is 14.7 Å². The van der Waals surface area contributed by atoms with E-state index in [1.54, 1.807) is 24.7 Å². The monoisotopic (exact) mass is 478 g/mol. The minimum Gasteiger partial charge on any atom is -0.497 e. The summed E-state index contributed by atoms with van der Waals surface area (Å²) in [4.78, 5) is 30.6. The number of aliphatic hydroxyl groups is 1. The molecule has 178 valence electrons. The van der Waals surface area contributed by atoms with Gasteiger partial charge >= 0.3 is 5.97 Å². The molecule has 2 aliphatic heterocycles. The fraction of sp³-hybridized carbons (Fsp3) is 0.207. The number of esters is 1. The molecule has 1 N–H and O–H groups in total. The van der Waals surface area contributed by atoms with Crippen LogP contribution in [0.2, 0.25) is 0 Å². The summed E-state index contributed by atoms with van der Waals surface area (Å²) in [5, 5.41) is 11.9. The number of cyclic esters (lactones) is 1. The number of rotatable bonds is 2. The average molecular weight is 479 g/mol. The summed E-state index contributed by atoms with van der Waals surface area (Å²) >= 11 is 0. The maximum atomic E-state index is 13.4. The molecule has 0 fully saturated rings. The second-order valence-corrected chi connectivity index (χ2v) is 8.95. The van der Waals surface area contributed by atoms with Gasteiger partial charge in [0.2, 0.25) is 0 Å². The first-order valence-electron chi connectivity index (χ1n) is 11.7. The quantitative estimate of drug-likeness (QED) is 0.309. The van der Waals surface area contributed by atoms with Crippen LogP contribution >= 0.6 is 0 Å². The van der Waals surface area contributed by atoms with Crippen LogP contribution in [0.1, 0.15) is 41.2 Å². The van der Waals surface area contributed by atoms with E-state index in [0.29, 0.717) is 29.1 Å². The molecule has 0 unspecified atom stereocenters. The highest BCUT2D eigenvalue weighted by atomic mass is 16.6. The number of fused-ring (bicyclic) bond motifs is 5. The summed E-state index contributed by atoms with van der Waals surface area (Å²) in [6, 6.07) is 17.1. The van der Waals surface area contributed by atoms with Gasteiger partial charge in [-0.25, -0.2) is 9.78 Å². The van der Waals surface area contributed by atoms with Crippen LogP contribution in [0.5, 0.6) is 5.75 Å². The van der Waals surface area contributed by atoms with E-state index >= 15 is 0 Å². The minimum absolute atomic E-state index is 0.107. The molecule has 0 radical (unpaired) electrons. The van der Waals surface area contributed by atoms with E-state index in [2.05, 4.69) is 11.8 Å². The molecule has 7 nitrogen and oxygen atoms in total. The molecule has 0 bridgehead atoms. The number of aromatic nitrogens is 2. The van der Waals surface area contributed by atoms with Gasteiger partial charge in [0, 0.05) is 27.6 Å². The molecule has 36 heavy (non-hydrogen) atoms. The molecule has 0 spiro atoms. The van der Waals surface area contributed by atoms with Crippen LogP contribution in [0.25, 0.3) is 22.3 Å². The van der Waals surface area contributed by atoms with E-state index in [1.807, 2.05) is 48.5 Å². The lowest BCUT2D eigenvalue weighted by atomic mass is 9.86. The third kappa shape index (κ3) is 3.23. The third-order valence-electron chi connectivity index (χ3n) is 6.98. The molecular weight excluding hydrogens is 456 g/mol. The number of carbonyl (C=O) groups is 1. The van der Waals surface area contributed by atoms with Crippen molar-refractivity contribution in [2.75, 3.05) is 7.11 Å². The Bertz CT molecular complexity index is 1690. The molecule has 4 heterocycles. The predicted octanol–water partition coefficient (Wildman–Crippen LogP) is 3.49. The topological polar surface area (TPSA) is 90.7 Å². The van der Waals surface area contributed by atoms with Crippen molar-refractivity contribution in [3.05, 3.63) is 92.8 Å². The zero-order valence-electron chi connectivity index (χ0n) is 19.8. The lowest BCUT2D eigenvalue weighted by molar-refractivity contribution is -0.172. The van der Waals surface area contributed by atoms with Crippen molar-refractivity contribution in [1.82, 2.24) is 9.55 Å². The summed E-state index contributed by atoms with van der Waals surface area (Å²) in [7, 11) is 1.63. The molecule has 0 saturated carbocycles. The molecule has 6 rings (SSSR count). The summed E-state index contributed by atoms with van der Waals surface area (Å²) in [6.45, 7) is 1.89. The molecule has 7 heteroatoms. The molecule has 2 aromatic heterocycles. The first kappa shape index (κ1) is 22.1. The number of pyridine rings is 2. The Morgan fingerprint density at radius 2 is 1.94 bits per heavy atom. The van der Waals surface area contributed by atoms with E-state index in [4.69, 9.17) is 14.5 Å². The molecule has 0 amide bonds. The van der Waals surface area contributed by atoms with Crippen LogP contribution in [0, 0.1) is 11.8 Å². The predicted molar refractivity (Wildman–Crippen MR) is 133 cm³/mol. The Labute approximate surface area is 206 Å². The van der Waals surface area contributed by atoms with Crippen molar-refractivity contribution < 1.29 is 19.4 Å². The van der Waals surface area contributed by atoms with Gasteiger partial charge in [-0.05, 0) is 55.0 Å². The maximum absolute atomic E-state index is 13.4. The highest BCUT2D eigenvalue weighted by Crippen LogP contribution is 2.38. The number of hydrogen-bond donors (Lipinski definition) is 1. The average Bonchev–Trinajstić information content (AvgIpc) is 3.27. The van der Waals surface area contributed by atoms with Crippen molar-refractivity contribution in [3.8, 4) is 29.0 Å². The van der Waals surface area contributed by atoms with Crippen LogP contribution < -0.4 is 10.3 Å². The molecular formula is C29H22N2O5. The van der Waals surface area contributed by atoms with Crippen LogP contribution in [0.4, 0.5) is 0 Å². The van der Waals surface area contributed by atoms with E-state index in [1.165, 1.54) is 0 Å². The van der Waals surface area contributed by atoms with E-state index < -0.39 is 11.6 Å². The summed E-state index contributed by atoms with van der Waals surface area (Å²) in [6.07, 6.45) is 0.107. The van der Waals surface area contributed by atoms with Gasteiger partial charge in [-0.2, -0.15) is 0 Å². The smallest absolute Gasteiger partial charge is 0.343 e. The Morgan fingerprint density at radius 3 is 2.69 bits per heavy atom.